The van der Waals surface area contributed by atoms with Gasteiger partial charge in [0, 0.05) is 17.8 Å². The number of aromatic nitrogens is 1. The van der Waals surface area contributed by atoms with Crippen molar-refractivity contribution in [2.75, 3.05) is 7.11 Å². The third-order valence-electron chi connectivity index (χ3n) is 1.78. The highest BCUT2D eigenvalue weighted by molar-refractivity contribution is 5.43. The standard InChI is InChI=1S/C9H11F3N2O2/c1-5-3-6(4-13)7(8(14-5)15-2)16-9(10,11)12/h3H,4,13H2,1-2H3. The quantitative estimate of drug-likeness (QED) is 0.868. The van der Waals surface area contributed by atoms with Gasteiger partial charge in [-0.3, -0.25) is 0 Å². The van der Waals surface area contributed by atoms with Gasteiger partial charge in [-0.05, 0) is 13.0 Å². The highest BCUT2D eigenvalue weighted by Gasteiger charge is 2.34. The van der Waals surface area contributed by atoms with Crippen LogP contribution in [0, 0.1) is 6.92 Å². The summed E-state index contributed by atoms with van der Waals surface area (Å²) in [5.74, 6) is -0.708. The molecule has 0 fully saturated rings. The van der Waals surface area contributed by atoms with E-state index in [2.05, 4.69) is 9.72 Å². The molecule has 1 rings (SSSR count). The molecule has 1 aromatic rings. The second kappa shape index (κ2) is 4.56. The Hall–Kier alpha value is -1.50. The number of pyridine rings is 1. The fourth-order valence-corrected chi connectivity index (χ4v) is 1.21. The third-order valence-corrected chi connectivity index (χ3v) is 1.78. The Bertz CT molecular complexity index is 355. The smallest absolute Gasteiger partial charge is 0.478 e. The number of aryl methyl sites for hydroxylation is 1. The lowest BCUT2D eigenvalue weighted by atomic mass is 10.2. The molecule has 0 unspecified atom stereocenters. The van der Waals surface area contributed by atoms with Gasteiger partial charge in [-0.25, -0.2) is 4.98 Å². The Labute approximate surface area is 90.2 Å². The van der Waals surface area contributed by atoms with Gasteiger partial charge in [0.05, 0.1) is 7.11 Å². The molecule has 0 atom stereocenters. The Morgan fingerprint density at radius 1 is 1.44 bits per heavy atom. The van der Waals surface area contributed by atoms with Gasteiger partial charge in [-0.15, -0.1) is 13.2 Å². The first-order chi connectivity index (χ1) is 7.37. The summed E-state index contributed by atoms with van der Waals surface area (Å²) >= 11 is 0. The molecule has 0 saturated heterocycles. The number of nitrogens with zero attached hydrogens (tertiary/aromatic N) is 1. The second-order valence-electron chi connectivity index (χ2n) is 3.01. The Balaban J connectivity index is 3.22. The maximum Gasteiger partial charge on any atom is 0.573 e. The highest BCUT2D eigenvalue weighted by Crippen LogP contribution is 2.34. The van der Waals surface area contributed by atoms with Gasteiger partial charge in [-0.1, -0.05) is 0 Å². The van der Waals surface area contributed by atoms with Gasteiger partial charge in [0.1, 0.15) is 0 Å². The van der Waals surface area contributed by atoms with E-state index in [1.165, 1.54) is 13.2 Å². The molecule has 4 nitrogen and oxygen atoms in total. The van der Waals surface area contributed by atoms with Crippen LogP contribution in [0.5, 0.6) is 11.6 Å². The summed E-state index contributed by atoms with van der Waals surface area (Å²) in [6.07, 6.45) is -4.80. The molecule has 90 valence electrons. The second-order valence-corrected chi connectivity index (χ2v) is 3.01. The lowest BCUT2D eigenvalue weighted by Crippen LogP contribution is -2.20. The number of hydrogen-bond acceptors (Lipinski definition) is 4. The van der Waals surface area contributed by atoms with E-state index in [1.807, 2.05) is 0 Å². The number of nitrogens with two attached hydrogens (primary N) is 1. The molecule has 16 heavy (non-hydrogen) atoms. The average Bonchev–Trinajstić information content (AvgIpc) is 2.18. The fourth-order valence-electron chi connectivity index (χ4n) is 1.21. The summed E-state index contributed by atoms with van der Waals surface area (Å²) in [6.45, 7) is 1.53. The molecule has 0 bridgehead atoms. The molecule has 7 heteroatoms. The van der Waals surface area contributed by atoms with Crippen LogP contribution in [0.1, 0.15) is 11.3 Å². The summed E-state index contributed by atoms with van der Waals surface area (Å²) in [4.78, 5) is 3.78. The zero-order valence-electron chi connectivity index (χ0n) is 8.76. The van der Waals surface area contributed by atoms with Crippen molar-refractivity contribution in [3.8, 4) is 11.6 Å². The van der Waals surface area contributed by atoms with Gasteiger partial charge in [0.15, 0.2) is 5.75 Å². The van der Waals surface area contributed by atoms with Gasteiger partial charge in [-0.2, -0.15) is 0 Å². The first kappa shape index (κ1) is 12.6. The van der Waals surface area contributed by atoms with E-state index in [9.17, 15) is 13.2 Å². The van der Waals surface area contributed by atoms with Crippen LogP contribution in [0.3, 0.4) is 0 Å². The SMILES string of the molecule is COc1nc(C)cc(CN)c1OC(F)(F)F. The Kier molecular flexibility index (Phi) is 3.58. The summed E-state index contributed by atoms with van der Waals surface area (Å²) in [5.41, 5.74) is 6.03. The normalized spacial score (nSPS) is 11.4. The van der Waals surface area contributed by atoms with E-state index < -0.39 is 12.1 Å². The van der Waals surface area contributed by atoms with Crippen molar-refractivity contribution in [2.24, 2.45) is 5.73 Å². The predicted octanol–water partition coefficient (Wildman–Crippen LogP) is 1.76. The highest BCUT2D eigenvalue weighted by atomic mass is 19.4. The topological polar surface area (TPSA) is 57.4 Å². The number of rotatable bonds is 3. The molecule has 0 aliphatic carbocycles. The molecular weight excluding hydrogens is 225 g/mol. The zero-order valence-corrected chi connectivity index (χ0v) is 8.76. The molecule has 1 heterocycles. The summed E-state index contributed by atoms with van der Waals surface area (Å²) in [6, 6.07) is 1.42. The molecular formula is C9H11F3N2O2. The maximum absolute atomic E-state index is 12.1. The third kappa shape index (κ3) is 2.99. The van der Waals surface area contributed by atoms with Gasteiger partial charge in [0.2, 0.25) is 0 Å². The summed E-state index contributed by atoms with van der Waals surface area (Å²) < 4.78 is 44.9. The first-order valence-corrected chi connectivity index (χ1v) is 4.37. The lowest BCUT2D eigenvalue weighted by molar-refractivity contribution is -0.275. The maximum atomic E-state index is 12.1. The molecule has 1 aromatic heterocycles. The van der Waals surface area contributed by atoms with Crippen molar-refractivity contribution >= 4 is 0 Å². The minimum absolute atomic E-state index is 0.0921. The van der Waals surface area contributed by atoms with Crippen LogP contribution in [0.25, 0.3) is 0 Å². The molecule has 0 aliphatic heterocycles. The van der Waals surface area contributed by atoms with Crippen molar-refractivity contribution in [3.63, 3.8) is 0 Å². The van der Waals surface area contributed by atoms with Crippen LogP contribution >= 0.6 is 0 Å². The van der Waals surface area contributed by atoms with Gasteiger partial charge >= 0.3 is 6.36 Å². The molecule has 0 aliphatic rings. The lowest BCUT2D eigenvalue weighted by Gasteiger charge is -2.15. The van der Waals surface area contributed by atoms with Crippen LogP contribution in [-0.2, 0) is 6.54 Å². The predicted molar refractivity (Wildman–Crippen MR) is 50.1 cm³/mol. The molecule has 0 saturated carbocycles. The van der Waals surface area contributed by atoms with Crippen molar-refractivity contribution < 1.29 is 22.6 Å². The summed E-state index contributed by atoms with van der Waals surface area (Å²) in [5, 5.41) is 0. The monoisotopic (exact) mass is 236 g/mol. The Morgan fingerprint density at radius 3 is 2.50 bits per heavy atom. The van der Waals surface area contributed by atoms with E-state index in [4.69, 9.17) is 10.5 Å². The van der Waals surface area contributed by atoms with Crippen molar-refractivity contribution in [2.45, 2.75) is 19.8 Å². The minimum Gasteiger partial charge on any atom is -0.478 e. The van der Waals surface area contributed by atoms with Gasteiger partial charge in [0.25, 0.3) is 5.88 Å². The number of methoxy groups -OCH3 is 1. The van der Waals surface area contributed by atoms with E-state index in [0.717, 1.165) is 0 Å². The summed E-state index contributed by atoms with van der Waals surface area (Å²) in [7, 11) is 1.21. The molecule has 0 aromatic carbocycles. The average molecular weight is 236 g/mol. The molecule has 0 radical (unpaired) electrons. The number of hydrogen-bond donors (Lipinski definition) is 1. The van der Waals surface area contributed by atoms with Crippen LogP contribution in [0.4, 0.5) is 13.2 Å². The molecule has 2 N–H and O–H groups in total. The number of ether oxygens (including phenoxy) is 2. The minimum atomic E-state index is -4.80. The largest absolute Gasteiger partial charge is 0.573 e. The van der Waals surface area contributed by atoms with E-state index >= 15 is 0 Å². The van der Waals surface area contributed by atoms with E-state index in [0.29, 0.717) is 5.69 Å². The molecule has 0 amide bonds. The van der Waals surface area contributed by atoms with Crippen LogP contribution in [-0.4, -0.2) is 18.5 Å². The van der Waals surface area contributed by atoms with Crippen LogP contribution in [0.15, 0.2) is 6.07 Å². The zero-order chi connectivity index (χ0) is 12.3. The number of halogens is 3. The number of alkyl halides is 3. The Morgan fingerprint density at radius 2 is 2.06 bits per heavy atom. The first-order valence-electron chi connectivity index (χ1n) is 4.37. The van der Waals surface area contributed by atoms with E-state index in [1.54, 1.807) is 6.92 Å². The molecule has 0 spiro atoms. The fraction of sp³-hybridized carbons (Fsp3) is 0.444. The van der Waals surface area contributed by atoms with Crippen molar-refractivity contribution in [1.82, 2.24) is 4.98 Å². The van der Waals surface area contributed by atoms with Gasteiger partial charge < -0.3 is 15.2 Å². The van der Waals surface area contributed by atoms with Crippen molar-refractivity contribution in [3.05, 3.63) is 17.3 Å². The van der Waals surface area contributed by atoms with Crippen LogP contribution < -0.4 is 15.2 Å². The van der Waals surface area contributed by atoms with Crippen LogP contribution in [0.2, 0.25) is 0 Å². The van der Waals surface area contributed by atoms with E-state index in [-0.39, 0.29) is 18.0 Å². The van der Waals surface area contributed by atoms with Crippen molar-refractivity contribution in [1.29, 1.82) is 0 Å².